The zero-order valence-electron chi connectivity index (χ0n) is 10.2. The average Bonchev–Trinajstić information content (AvgIpc) is 2.18. The van der Waals surface area contributed by atoms with Crippen LogP contribution in [0.25, 0.3) is 0 Å². The Hall–Kier alpha value is -0.860. The highest BCUT2D eigenvalue weighted by atomic mass is 16.5. The molecule has 0 bridgehead atoms. The predicted molar refractivity (Wildman–Crippen MR) is 59.5 cm³/mol. The molecule has 1 unspecified atom stereocenters. The number of rotatable bonds is 7. The third-order valence-electron chi connectivity index (χ3n) is 2.33. The number of carbonyl (C=O) groups is 2. The first-order valence-corrected chi connectivity index (χ1v) is 5.74. The van der Waals surface area contributed by atoms with E-state index >= 15 is 0 Å². The zero-order chi connectivity index (χ0) is 11.8. The molecular weight excluding hydrogens is 192 g/mol. The monoisotopic (exact) mass is 214 g/mol. The largest absolute Gasteiger partial charge is 0.465 e. The summed E-state index contributed by atoms with van der Waals surface area (Å²) < 4.78 is 4.91. The maximum Gasteiger partial charge on any atom is 0.316 e. The molecule has 0 aliphatic heterocycles. The molecule has 3 heteroatoms. The summed E-state index contributed by atoms with van der Waals surface area (Å²) in [6, 6.07) is 0. The number of carbonyl (C=O) groups excluding carboxylic acids is 2. The molecule has 0 saturated heterocycles. The third-order valence-corrected chi connectivity index (χ3v) is 2.33. The van der Waals surface area contributed by atoms with Gasteiger partial charge < -0.3 is 4.74 Å². The van der Waals surface area contributed by atoms with Crippen LogP contribution in [0.2, 0.25) is 0 Å². The van der Waals surface area contributed by atoms with E-state index in [0.717, 1.165) is 12.8 Å². The van der Waals surface area contributed by atoms with Gasteiger partial charge in [0, 0.05) is 5.92 Å². The van der Waals surface area contributed by atoms with Crippen LogP contribution in [-0.2, 0) is 14.3 Å². The van der Waals surface area contributed by atoms with Crippen LogP contribution in [0.1, 0.15) is 47.0 Å². The Balaban J connectivity index is 4.42. The van der Waals surface area contributed by atoms with Crippen LogP contribution in [0, 0.1) is 11.8 Å². The van der Waals surface area contributed by atoms with Crippen LogP contribution in [-0.4, -0.2) is 18.4 Å². The molecule has 0 heterocycles. The molecule has 0 fully saturated rings. The number of ketones is 1. The van der Waals surface area contributed by atoms with Gasteiger partial charge in [-0.1, -0.05) is 33.6 Å². The smallest absolute Gasteiger partial charge is 0.316 e. The van der Waals surface area contributed by atoms with Gasteiger partial charge in [0.05, 0.1) is 6.61 Å². The quantitative estimate of drug-likeness (QED) is 0.483. The topological polar surface area (TPSA) is 43.4 Å². The van der Waals surface area contributed by atoms with Crippen molar-refractivity contribution in [1.29, 1.82) is 0 Å². The molecule has 0 aliphatic rings. The second-order valence-electron chi connectivity index (χ2n) is 4.00. The standard InChI is InChI=1S/C12H22O3/c1-5-7-8-10(11(13)9(3)4)12(14)15-6-2/h9-10H,5-8H2,1-4H3. The van der Waals surface area contributed by atoms with E-state index < -0.39 is 5.92 Å². The van der Waals surface area contributed by atoms with Gasteiger partial charge in [0.25, 0.3) is 0 Å². The number of ether oxygens (including phenoxy) is 1. The van der Waals surface area contributed by atoms with E-state index in [0.29, 0.717) is 13.0 Å². The summed E-state index contributed by atoms with van der Waals surface area (Å²) in [6.45, 7) is 7.78. The van der Waals surface area contributed by atoms with Crippen LogP contribution in [0.15, 0.2) is 0 Å². The summed E-state index contributed by atoms with van der Waals surface area (Å²) in [5, 5.41) is 0. The van der Waals surface area contributed by atoms with E-state index in [1.165, 1.54) is 0 Å². The molecule has 0 saturated carbocycles. The predicted octanol–water partition coefficient (Wildman–Crippen LogP) is 2.58. The molecule has 3 nitrogen and oxygen atoms in total. The number of hydrogen-bond donors (Lipinski definition) is 0. The average molecular weight is 214 g/mol. The fraction of sp³-hybridized carbons (Fsp3) is 0.833. The second-order valence-corrected chi connectivity index (χ2v) is 4.00. The molecule has 0 aliphatic carbocycles. The highest BCUT2D eigenvalue weighted by Gasteiger charge is 2.28. The van der Waals surface area contributed by atoms with Crippen LogP contribution in [0.3, 0.4) is 0 Å². The third kappa shape index (κ3) is 4.96. The highest BCUT2D eigenvalue weighted by Crippen LogP contribution is 2.16. The molecule has 0 aromatic rings. The minimum absolute atomic E-state index is 0.00176. The Morgan fingerprint density at radius 1 is 1.20 bits per heavy atom. The van der Waals surface area contributed by atoms with Crippen LogP contribution < -0.4 is 0 Å². The SMILES string of the molecule is CCCCC(C(=O)OCC)C(=O)C(C)C. The van der Waals surface area contributed by atoms with Crippen molar-refractivity contribution in [2.45, 2.75) is 47.0 Å². The number of Topliss-reactive ketones (excluding diaryl/α,β-unsaturated/α-hetero) is 1. The Morgan fingerprint density at radius 2 is 1.80 bits per heavy atom. The fourth-order valence-electron chi connectivity index (χ4n) is 1.43. The Morgan fingerprint density at radius 3 is 2.20 bits per heavy atom. The Bertz CT molecular complexity index is 209. The summed E-state index contributed by atoms with van der Waals surface area (Å²) in [6.07, 6.45) is 2.50. The van der Waals surface area contributed by atoms with Gasteiger partial charge in [0.1, 0.15) is 11.7 Å². The molecule has 0 rings (SSSR count). The molecule has 0 aromatic heterocycles. The van der Waals surface area contributed by atoms with Gasteiger partial charge in [-0.25, -0.2) is 0 Å². The number of esters is 1. The second kappa shape index (κ2) is 7.43. The Kier molecular flexibility index (Phi) is 7.01. The first-order valence-electron chi connectivity index (χ1n) is 5.74. The molecule has 1 atom stereocenters. The van der Waals surface area contributed by atoms with E-state index in [1.807, 2.05) is 20.8 Å². The van der Waals surface area contributed by atoms with Crippen molar-refractivity contribution in [3.05, 3.63) is 0 Å². The molecule has 0 aromatic carbocycles. The first kappa shape index (κ1) is 14.1. The summed E-state index contributed by atoms with van der Waals surface area (Å²) >= 11 is 0. The molecule has 0 amide bonds. The van der Waals surface area contributed by atoms with Gasteiger partial charge in [0.2, 0.25) is 0 Å². The molecule has 0 spiro atoms. The molecule has 15 heavy (non-hydrogen) atoms. The van der Waals surface area contributed by atoms with Crippen LogP contribution in [0.5, 0.6) is 0 Å². The van der Waals surface area contributed by atoms with Gasteiger partial charge in [-0.2, -0.15) is 0 Å². The zero-order valence-corrected chi connectivity index (χ0v) is 10.2. The van der Waals surface area contributed by atoms with Crippen molar-refractivity contribution in [3.8, 4) is 0 Å². The molecule has 0 N–H and O–H groups in total. The lowest BCUT2D eigenvalue weighted by Gasteiger charge is -2.15. The van der Waals surface area contributed by atoms with Gasteiger partial charge in [0.15, 0.2) is 0 Å². The minimum Gasteiger partial charge on any atom is -0.465 e. The van der Waals surface area contributed by atoms with Gasteiger partial charge in [-0.15, -0.1) is 0 Å². The van der Waals surface area contributed by atoms with Crippen molar-refractivity contribution >= 4 is 11.8 Å². The maximum atomic E-state index is 11.8. The normalized spacial score (nSPS) is 12.6. The van der Waals surface area contributed by atoms with E-state index in [2.05, 4.69) is 0 Å². The molecule has 0 radical (unpaired) electrons. The summed E-state index contributed by atoms with van der Waals surface area (Å²) in [5.41, 5.74) is 0. The maximum absolute atomic E-state index is 11.8. The van der Waals surface area contributed by atoms with E-state index in [9.17, 15) is 9.59 Å². The van der Waals surface area contributed by atoms with Gasteiger partial charge in [-0.3, -0.25) is 9.59 Å². The van der Waals surface area contributed by atoms with Crippen molar-refractivity contribution < 1.29 is 14.3 Å². The van der Waals surface area contributed by atoms with Crippen LogP contribution in [0.4, 0.5) is 0 Å². The lowest BCUT2D eigenvalue weighted by molar-refractivity contribution is -0.152. The summed E-state index contributed by atoms with van der Waals surface area (Å²) in [4.78, 5) is 23.3. The lowest BCUT2D eigenvalue weighted by Crippen LogP contribution is -2.29. The van der Waals surface area contributed by atoms with Crippen molar-refractivity contribution in [1.82, 2.24) is 0 Å². The van der Waals surface area contributed by atoms with Crippen molar-refractivity contribution in [2.24, 2.45) is 11.8 Å². The minimum atomic E-state index is -0.551. The molecular formula is C12H22O3. The Labute approximate surface area is 92.2 Å². The number of unbranched alkanes of at least 4 members (excludes halogenated alkanes) is 1. The van der Waals surface area contributed by atoms with Crippen molar-refractivity contribution in [2.75, 3.05) is 6.61 Å². The van der Waals surface area contributed by atoms with Crippen LogP contribution >= 0.6 is 0 Å². The van der Waals surface area contributed by atoms with E-state index in [-0.39, 0.29) is 17.7 Å². The van der Waals surface area contributed by atoms with E-state index in [4.69, 9.17) is 4.74 Å². The molecule has 88 valence electrons. The first-order chi connectivity index (χ1) is 7.04. The lowest BCUT2D eigenvalue weighted by atomic mass is 9.91. The van der Waals surface area contributed by atoms with Gasteiger partial charge in [-0.05, 0) is 13.3 Å². The van der Waals surface area contributed by atoms with E-state index in [1.54, 1.807) is 6.92 Å². The highest BCUT2D eigenvalue weighted by molar-refractivity contribution is 5.99. The fourth-order valence-corrected chi connectivity index (χ4v) is 1.43. The summed E-state index contributed by atoms with van der Waals surface area (Å²) in [7, 11) is 0. The summed E-state index contributed by atoms with van der Waals surface area (Å²) in [5.74, 6) is -1.01. The number of hydrogen-bond acceptors (Lipinski definition) is 3. The van der Waals surface area contributed by atoms with Gasteiger partial charge >= 0.3 is 5.97 Å². The van der Waals surface area contributed by atoms with Crippen molar-refractivity contribution in [3.63, 3.8) is 0 Å².